The van der Waals surface area contributed by atoms with Gasteiger partial charge in [0.25, 0.3) is 0 Å². The Balaban J connectivity index is 1.27. The highest BCUT2D eigenvalue weighted by atomic mass is 16.5. The van der Waals surface area contributed by atoms with Crippen molar-refractivity contribution in [1.29, 1.82) is 0 Å². The average Bonchev–Trinajstić information content (AvgIpc) is 3.39. The summed E-state index contributed by atoms with van der Waals surface area (Å²) in [5.74, 6) is 2.01. The molecule has 1 fully saturated rings. The molecule has 7 nitrogen and oxygen atoms in total. The van der Waals surface area contributed by atoms with E-state index in [0.29, 0.717) is 11.7 Å². The van der Waals surface area contributed by atoms with Crippen molar-refractivity contribution in [2.45, 2.75) is 32.4 Å². The van der Waals surface area contributed by atoms with Gasteiger partial charge in [0.05, 0.1) is 30.8 Å². The van der Waals surface area contributed by atoms with Crippen molar-refractivity contribution < 1.29 is 9.84 Å². The molecular formula is C22H27N5O2. The summed E-state index contributed by atoms with van der Waals surface area (Å²) in [5.41, 5.74) is 4.07. The van der Waals surface area contributed by atoms with Crippen LogP contribution < -0.4 is 9.64 Å². The second-order valence-corrected chi connectivity index (χ2v) is 8.02. The van der Waals surface area contributed by atoms with Crippen molar-refractivity contribution >= 4 is 11.5 Å². The van der Waals surface area contributed by atoms with Gasteiger partial charge in [0.15, 0.2) is 5.65 Å². The maximum atomic E-state index is 9.75. The molecule has 2 aliphatic heterocycles. The van der Waals surface area contributed by atoms with Crippen molar-refractivity contribution in [1.82, 2.24) is 19.3 Å². The number of aromatic nitrogens is 3. The van der Waals surface area contributed by atoms with E-state index in [9.17, 15) is 5.11 Å². The molecular weight excluding hydrogens is 366 g/mol. The summed E-state index contributed by atoms with van der Waals surface area (Å²) in [5, 5.41) is 9.75. The molecule has 5 rings (SSSR count). The third-order valence-electron chi connectivity index (χ3n) is 6.16. The van der Waals surface area contributed by atoms with Gasteiger partial charge in [-0.2, -0.15) is 0 Å². The molecule has 4 heterocycles. The van der Waals surface area contributed by atoms with Crippen LogP contribution in [0.1, 0.15) is 42.8 Å². The van der Waals surface area contributed by atoms with Gasteiger partial charge in [-0.05, 0) is 31.0 Å². The largest absolute Gasteiger partial charge is 0.493 e. The van der Waals surface area contributed by atoms with E-state index in [1.807, 2.05) is 16.8 Å². The SMILES string of the molecule is CC(O)c1cn2cc(N3CCN(C(C)c4ccc5c(c4)OCC5)CC3)ncc2n1. The Bertz CT molecular complexity index is 1020. The van der Waals surface area contributed by atoms with Crippen LogP contribution in [0.4, 0.5) is 5.82 Å². The third-order valence-corrected chi connectivity index (χ3v) is 6.16. The van der Waals surface area contributed by atoms with Gasteiger partial charge >= 0.3 is 0 Å². The molecule has 2 aromatic heterocycles. The molecule has 7 heteroatoms. The number of nitrogens with zero attached hydrogens (tertiary/aromatic N) is 5. The zero-order chi connectivity index (χ0) is 20.0. The number of aliphatic hydroxyl groups excluding tert-OH is 1. The van der Waals surface area contributed by atoms with Gasteiger partial charge in [-0.15, -0.1) is 0 Å². The second kappa shape index (κ2) is 7.31. The number of hydrogen-bond donors (Lipinski definition) is 1. The number of aliphatic hydroxyl groups is 1. The average molecular weight is 393 g/mol. The Kier molecular flexibility index (Phi) is 4.64. The zero-order valence-corrected chi connectivity index (χ0v) is 17.0. The van der Waals surface area contributed by atoms with Gasteiger partial charge in [0.1, 0.15) is 11.6 Å². The summed E-state index contributed by atoms with van der Waals surface area (Å²) in [7, 11) is 0. The normalized spacial score (nSPS) is 19.2. The molecule has 0 spiro atoms. The Morgan fingerprint density at radius 3 is 2.72 bits per heavy atom. The highest BCUT2D eigenvalue weighted by Crippen LogP contribution is 2.31. The number of anilines is 1. The molecule has 0 bridgehead atoms. The lowest BCUT2D eigenvalue weighted by Gasteiger charge is -2.38. The van der Waals surface area contributed by atoms with E-state index in [2.05, 4.69) is 44.9 Å². The van der Waals surface area contributed by atoms with E-state index in [0.717, 1.165) is 56.4 Å². The Morgan fingerprint density at radius 1 is 1.10 bits per heavy atom. The smallest absolute Gasteiger partial charge is 0.155 e. The molecule has 2 unspecified atom stereocenters. The molecule has 1 aromatic carbocycles. The van der Waals surface area contributed by atoms with Gasteiger partial charge < -0.3 is 19.1 Å². The number of hydrogen-bond acceptors (Lipinski definition) is 6. The second-order valence-electron chi connectivity index (χ2n) is 8.02. The van der Waals surface area contributed by atoms with Crippen LogP contribution in [0.5, 0.6) is 5.75 Å². The molecule has 29 heavy (non-hydrogen) atoms. The van der Waals surface area contributed by atoms with Crippen LogP contribution in [-0.2, 0) is 6.42 Å². The summed E-state index contributed by atoms with van der Waals surface area (Å²) < 4.78 is 7.69. The molecule has 0 saturated carbocycles. The van der Waals surface area contributed by atoms with Crippen molar-refractivity contribution in [2.75, 3.05) is 37.7 Å². The highest BCUT2D eigenvalue weighted by Gasteiger charge is 2.24. The maximum absolute atomic E-state index is 9.75. The van der Waals surface area contributed by atoms with E-state index in [-0.39, 0.29) is 0 Å². The van der Waals surface area contributed by atoms with Crippen LogP contribution in [0.3, 0.4) is 0 Å². The van der Waals surface area contributed by atoms with Crippen LogP contribution in [0.2, 0.25) is 0 Å². The van der Waals surface area contributed by atoms with Crippen LogP contribution in [0.15, 0.2) is 36.8 Å². The first kappa shape index (κ1) is 18.4. The van der Waals surface area contributed by atoms with Gasteiger partial charge in [-0.3, -0.25) is 4.90 Å². The first-order valence-electron chi connectivity index (χ1n) is 10.4. The number of imidazole rings is 1. The van der Waals surface area contributed by atoms with Crippen molar-refractivity contribution in [3.05, 3.63) is 53.6 Å². The number of piperazine rings is 1. The predicted molar refractivity (Wildman–Crippen MR) is 111 cm³/mol. The van der Waals surface area contributed by atoms with Crippen LogP contribution in [0, 0.1) is 0 Å². The molecule has 0 aliphatic carbocycles. The lowest BCUT2D eigenvalue weighted by Crippen LogP contribution is -2.47. The lowest BCUT2D eigenvalue weighted by molar-refractivity contribution is 0.195. The number of benzene rings is 1. The van der Waals surface area contributed by atoms with Gasteiger partial charge in [-0.1, -0.05) is 12.1 Å². The van der Waals surface area contributed by atoms with Crippen molar-refractivity contribution in [2.24, 2.45) is 0 Å². The quantitative estimate of drug-likeness (QED) is 0.735. The zero-order valence-electron chi connectivity index (χ0n) is 17.0. The summed E-state index contributed by atoms with van der Waals surface area (Å²) in [4.78, 5) is 13.8. The Morgan fingerprint density at radius 2 is 1.93 bits per heavy atom. The molecule has 1 saturated heterocycles. The predicted octanol–water partition coefficient (Wildman–Crippen LogP) is 2.60. The van der Waals surface area contributed by atoms with Gasteiger partial charge in [0, 0.05) is 44.8 Å². The molecule has 0 amide bonds. The van der Waals surface area contributed by atoms with E-state index in [1.165, 1.54) is 11.1 Å². The summed E-state index contributed by atoms with van der Waals surface area (Å²) in [6, 6.07) is 7.05. The maximum Gasteiger partial charge on any atom is 0.155 e. The van der Waals surface area contributed by atoms with Gasteiger partial charge in [0.2, 0.25) is 0 Å². The first-order chi connectivity index (χ1) is 14.1. The number of fused-ring (bicyclic) bond motifs is 2. The topological polar surface area (TPSA) is 66.1 Å². The van der Waals surface area contributed by atoms with E-state index in [1.54, 1.807) is 13.1 Å². The molecule has 0 radical (unpaired) electrons. The van der Waals surface area contributed by atoms with Crippen LogP contribution in [-0.4, -0.2) is 57.2 Å². The van der Waals surface area contributed by atoms with Crippen LogP contribution >= 0.6 is 0 Å². The van der Waals surface area contributed by atoms with Crippen molar-refractivity contribution in [3.63, 3.8) is 0 Å². The monoisotopic (exact) mass is 393 g/mol. The lowest BCUT2D eigenvalue weighted by atomic mass is 10.0. The molecule has 2 atom stereocenters. The van der Waals surface area contributed by atoms with Gasteiger partial charge in [-0.25, -0.2) is 9.97 Å². The fraction of sp³-hybridized carbons (Fsp3) is 0.455. The molecule has 2 aliphatic rings. The summed E-state index contributed by atoms with van der Waals surface area (Å²) >= 11 is 0. The first-order valence-corrected chi connectivity index (χ1v) is 10.4. The minimum atomic E-state index is -0.576. The molecule has 152 valence electrons. The minimum absolute atomic E-state index is 0.365. The standard InChI is InChI=1S/C22H27N5O2/c1-15(18-4-3-17-5-10-29-20(17)11-18)25-6-8-26(9-7-25)22-14-27-13-19(16(2)28)24-21(27)12-23-22/h3-4,11-16,28H,5-10H2,1-2H3. The fourth-order valence-electron chi connectivity index (χ4n) is 4.26. The molecule has 1 N–H and O–H groups in total. The van der Waals surface area contributed by atoms with Crippen LogP contribution in [0.25, 0.3) is 5.65 Å². The summed E-state index contributed by atoms with van der Waals surface area (Å²) in [6.07, 6.45) is 6.11. The van der Waals surface area contributed by atoms with E-state index >= 15 is 0 Å². The van der Waals surface area contributed by atoms with Crippen molar-refractivity contribution in [3.8, 4) is 5.75 Å². The number of ether oxygens (including phenoxy) is 1. The minimum Gasteiger partial charge on any atom is -0.493 e. The fourth-order valence-corrected chi connectivity index (χ4v) is 4.26. The van der Waals surface area contributed by atoms with E-state index in [4.69, 9.17) is 4.74 Å². The Hall–Kier alpha value is -2.64. The van der Waals surface area contributed by atoms with E-state index < -0.39 is 6.10 Å². The molecule has 3 aromatic rings. The highest BCUT2D eigenvalue weighted by molar-refractivity contribution is 5.46. The summed E-state index contributed by atoms with van der Waals surface area (Å²) in [6.45, 7) is 8.65. The third kappa shape index (κ3) is 3.45. The number of rotatable bonds is 4. The Labute approximate surface area is 170 Å².